The normalized spacial score (nSPS) is 12.0. The number of H-pyrrole nitrogens is 1. The smallest absolute Gasteiger partial charge is 0.232 e. The number of rotatable bonds is 6. The Morgan fingerprint density at radius 2 is 2.15 bits per heavy atom. The van der Waals surface area contributed by atoms with E-state index in [1.54, 1.807) is 6.33 Å². The lowest BCUT2D eigenvalue weighted by Gasteiger charge is -2.10. The molecule has 0 atom stereocenters. The van der Waals surface area contributed by atoms with Gasteiger partial charge < -0.3 is 14.2 Å². The molecule has 2 heterocycles. The molecular formula is C14H22N4O2. The van der Waals surface area contributed by atoms with Crippen molar-refractivity contribution in [3.8, 4) is 0 Å². The van der Waals surface area contributed by atoms with Crippen LogP contribution in [0.5, 0.6) is 0 Å². The van der Waals surface area contributed by atoms with Crippen molar-refractivity contribution in [3.63, 3.8) is 0 Å². The molecular weight excluding hydrogens is 256 g/mol. The number of aromatic amines is 1. The Labute approximate surface area is 119 Å². The first-order chi connectivity index (χ1) is 9.47. The monoisotopic (exact) mass is 278 g/mol. The van der Waals surface area contributed by atoms with E-state index < -0.39 is 0 Å². The van der Waals surface area contributed by atoms with E-state index >= 15 is 0 Å². The van der Waals surface area contributed by atoms with Crippen molar-refractivity contribution < 1.29 is 9.26 Å². The molecule has 0 amide bonds. The highest BCUT2D eigenvalue weighted by atomic mass is 16.5. The quantitative estimate of drug-likeness (QED) is 0.822. The van der Waals surface area contributed by atoms with Crippen LogP contribution < -0.4 is 0 Å². The van der Waals surface area contributed by atoms with Crippen LogP contribution in [0.3, 0.4) is 0 Å². The van der Waals surface area contributed by atoms with Gasteiger partial charge >= 0.3 is 0 Å². The average Bonchev–Trinajstić information content (AvgIpc) is 2.98. The number of imidazole rings is 1. The SMILES string of the molecule is Cc1[nH]cnc1CCCOCc1noc(C(C)(C)C)n1. The predicted octanol–water partition coefficient (Wildman–Crippen LogP) is 2.55. The summed E-state index contributed by atoms with van der Waals surface area (Å²) >= 11 is 0. The van der Waals surface area contributed by atoms with Gasteiger partial charge in [0.1, 0.15) is 6.61 Å². The van der Waals surface area contributed by atoms with Crippen LogP contribution in [0.1, 0.15) is 50.3 Å². The summed E-state index contributed by atoms with van der Waals surface area (Å²) in [6.07, 6.45) is 3.56. The lowest BCUT2D eigenvalue weighted by Crippen LogP contribution is -2.11. The summed E-state index contributed by atoms with van der Waals surface area (Å²) in [5.74, 6) is 1.24. The highest BCUT2D eigenvalue weighted by Crippen LogP contribution is 2.19. The van der Waals surface area contributed by atoms with Gasteiger partial charge in [-0.1, -0.05) is 25.9 Å². The minimum atomic E-state index is -0.122. The van der Waals surface area contributed by atoms with E-state index in [0.29, 0.717) is 24.9 Å². The maximum atomic E-state index is 5.56. The molecule has 2 aromatic heterocycles. The minimum Gasteiger partial charge on any atom is -0.373 e. The van der Waals surface area contributed by atoms with Gasteiger partial charge in [0, 0.05) is 17.7 Å². The maximum Gasteiger partial charge on any atom is 0.232 e. The number of nitrogens with one attached hydrogen (secondary N) is 1. The molecule has 1 N–H and O–H groups in total. The fourth-order valence-electron chi connectivity index (χ4n) is 1.76. The maximum absolute atomic E-state index is 5.56. The van der Waals surface area contributed by atoms with Crippen LogP contribution in [-0.2, 0) is 23.2 Å². The van der Waals surface area contributed by atoms with Crippen molar-refractivity contribution in [1.29, 1.82) is 0 Å². The molecule has 2 aromatic rings. The predicted molar refractivity (Wildman–Crippen MR) is 74.3 cm³/mol. The minimum absolute atomic E-state index is 0.122. The van der Waals surface area contributed by atoms with Gasteiger partial charge in [0.15, 0.2) is 5.82 Å². The van der Waals surface area contributed by atoms with Crippen molar-refractivity contribution in [3.05, 3.63) is 29.4 Å². The second kappa shape index (κ2) is 6.17. The van der Waals surface area contributed by atoms with Gasteiger partial charge in [-0.2, -0.15) is 4.98 Å². The first-order valence-corrected chi connectivity index (χ1v) is 6.86. The number of aryl methyl sites for hydroxylation is 2. The molecule has 2 rings (SSSR count). The summed E-state index contributed by atoms with van der Waals surface area (Å²) in [4.78, 5) is 11.6. The Hall–Kier alpha value is -1.69. The standard InChI is InChI=1S/C14H22N4O2/c1-10-11(16-9-15-10)6-5-7-19-8-12-17-13(20-18-12)14(2,3)4/h9H,5-8H2,1-4H3,(H,15,16). The van der Waals surface area contributed by atoms with Gasteiger partial charge in [-0.05, 0) is 19.8 Å². The van der Waals surface area contributed by atoms with E-state index in [-0.39, 0.29) is 5.41 Å². The van der Waals surface area contributed by atoms with Crippen LogP contribution in [-0.4, -0.2) is 26.7 Å². The molecule has 0 aliphatic carbocycles. The van der Waals surface area contributed by atoms with Crippen LogP contribution in [0.4, 0.5) is 0 Å². The molecule has 0 radical (unpaired) electrons. The number of aromatic nitrogens is 4. The third-order valence-electron chi connectivity index (χ3n) is 2.98. The van der Waals surface area contributed by atoms with E-state index in [9.17, 15) is 0 Å². The van der Waals surface area contributed by atoms with Crippen molar-refractivity contribution in [2.75, 3.05) is 6.61 Å². The highest BCUT2D eigenvalue weighted by molar-refractivity contribution is 5.08. The first-order valence-electron chi connectivity index (χ1n) is 6.86. The van der Waals surface area contributed by atoms with Gasteiger partial charge in [0.05, 0.1) is 12.0 Å². The fourth-order valence-corrected chi connectivity index (χ4v) is 1.76. The van der Waals surface area contributed by atoms with Crippen LogP contribution in [0.25, 0.3) is 0 Å². The van der Waals surface area contributed by atoms with Gasteiger partial charge in [-0.15, -0.1) is 0 Å². The summed E-state index contributed by atoms with van der Waals surface area (Å²) in [7, 11) is 0. The summed E-state index contributed by atoms with van der Waals surface area (Å²) in [5, 5.41) is 3.92. The number of hydrogen-bond acceptors (Lipinski definition) is 5. The lowest BCUT2D eigenvalue weighted by atomic mass is 9.97. The zero-order valence-corrected chi connectivity index (χ0v) is 12.6. The van der Waals surface area contributed by atoms with Crippen molar-refractivity contribution in [1.82, 2.24) is 20.1 Å². The zero-order valence-electron chi connectivity index (χ0n) is 12.6. The average molecular weight is 278 g/mol. The van der Waals surface area contributed by atoms with Crippen LogP contribution in [0.2, 0.25) is 0 Å². The van der Waals surface area contributed by atoms with Gasteiger partial charge in [-0.3, -0.25) is 0 Å². The molecule has 0 saturated carbocycles. The summed E-state index contributed by atoms with van der Waals surface area (Å²) in [6, 6.07) is 0. The van der Waals surface area contributed by atoms with Crippen molar-refractivity contribution in [2.45, 2.75) is 52.6 Å². The molecule has 0 aromatic carbocycles. The Kier molecular flexibility index (Phi) is 4.54. The van der Waals surface area contributed by atoms with E-state index in [2.05, 4.69) is 20.1 Å². The Bertz CT molecular complexity index is 539. The van der Waals surface area contributed by atoms with Crippen molar-refractivity contribution >= 4 is 0 Å². The van der Waals surface area contributed by atoms with E-state index in [4.69, 9.17) is 9.26 Å². The van der Waals surface area contributed by atoms with Crippen LogP contribution >= 0.6 is 0 Å². The molecule has 0 bridgehead atoms. The molecule has 0 aliphatic heterocycles. The second-order valence-electron chi connectivity index (χ2n) is 5.90. The molecule has 6 heteroatoms. The van der Waals surface area contributed by atoms with Gasteiger partial charge in [-0.25, -0.2) is 4.98 Å². The molecule has 0 saturated heterocycles. The second-order valence-corrected chi connectivity index (χ2v) is 5.90. The molecule has 20 heavy (non-hydrogen) atoms. The third-order valence-corrected chi connectivity index (χ3v) is 2.98. The summed E-state index contributed by atoms with van der Waals surface area (Å²) in [6.45, 7) is 9.19. The third kappa shape index (κ3) is 3.90. The Balaban J connectivity index is 1.69. The van der Waals surface area contributed by atoms with Crippen LogP contribution in [0, 0.1) is 6.92 Å². The highest BCUT2D eigenvalue weighted by Gasteiger charge is 2.21. The van der Waals surface area contributed by atoms with E-state index in [0.717, 1.165) is 24.2 Å². The van der Waals surface area contributed by atoms with Crippen molar-refractivity contribution in [2.24, 2.45) is 0 Å². The zero-order chi connectivity index (χ0) is 14.6. The lowest BCUT2D eigenvalue weighted by molar-refractivity contribution is 0.111. The topological polar surface area (TPSA) is 76.8 Å². The number of hydrogen-bond donors (Lipinski definition) is 1. The molecule has 6 nitrogen and oxygen atoms in total. The Morgan fingerprint density at radius 3 is 2.75 bits per heavy atom. The summed E-state index contributed by atoms with van der Waals surface area (Å²) < 4.78 is 10.8. The molecule has 0 spiro atoms. The largest absolute Gasteiger partial charge is 0.373 e. The van der Waals surface area contributed by atoms with Gasteiger partial charge in [0.2, 0.25) is 5.89 Å². The molecule has 0 aliphatic rings. The number of nitrogens with zero attached hydrogens (tertiary/aromatic N) is 3. The molecule has 0 fully saturated rings. The molecule has 110 valence electrons. The van der Waals surface area contributed by atoms with Gasteiger partial charge in [0.25, 0.3) is 0 Å². The summed E-state index contributed by atoms with van der Waals surface area (Å²) in [5.41, 5.74) is 2.10. The molecule has 0 unspecified atom stereocenters. The van der Waals surface area contributed by atoms with Crippen LogP contribution in [0.15, 0.2) is 10.9 Å². The van der Waals surface area contributed by atoms with E-state index in [1.165, 1.54) is 0 Å². The Morgan fingerprint density at radius 1 is 1.35 bits per heavy atom. The van der Waals surface area contributed by atoms with E-state index in [1.807, 2.05) is 27.7 Å². The number of ether oxygens (including phenoxy) is 1. The first kappa shape index (κ1) is 14.7. The fraction of sp³-hybridized carbons (Fsp3) is 0.643.